The van der Waals surface area contributed by atoms with Crippen LogP contribution in [0.5, 0.6) is 0 Å². The maximum atomic E-state index is 13.9. The fraction of sp³-hybridized carbons (Fsp3) is 0.211. The highest BCUT2D eigenvalue weighted by atomic mass is 19.1. The first-order valence-electron chi connectivity index (χ1n) is 7.72. The normalized spacial score (nSPS) is 16.2. The average molecular weight is 330 g/mol. The molecule has 1 aliphatic heterocycles. The molecular formula is C19H20F2N2O. The maximum Gasteiger partial charge on any atom is 0.210 e. The molecule has 1 heterocycles. The van der Waals surface area contributed by atoms with Crippen LogP contribution in [0.3, 0.4) is 0 Å². The standard InChI is InChI=1S/C17H13F2NO.C2H7N/c18-14-6-7-16(19)15(9-14)13-8-17(20(10-13)11-21)12-4-2-1-3-5-12;1-2-3/h1-9,11,17H,10H2;2-3H2,1H3. The number of benzene rings is 2. The Bertz CT molecular complexity index is 717. The zero-order valence-corrected chi connectivity index (χ0v) is 13.5. The highest BCUT2D eigenvalue weighted by Gasteiger charge is 2.26. The summed E-state index contributed by atoms with van der Waals surface area (Å²) in [6, 6.07) is 12.6. The van der Waals surface area contributed by atoms with E-state index in [0.29, 0.717) is 5.57 Å². The van der Waals surface area contributed by atoms with E-state index in [0.717, 1.165) is 36.7 Å². The van der Waals surface area contributed by atoms with Crippen molar-refractivity contribution in [2.45, 2.75) is 13.0 Å². The first-order chi connectivity index (χ1) is 11.6. The fourth-order valence-electron chi connectivity index (χ4n) is 2.59. The molecule has 24 heavy (non-hydrogen) atoms. The van der Waals surface area contributed by atoms with E-state index < -0.39 is 11.6 Å². The second kappa shape index (κ2) is 8.36. The van der Waals surface area contributed by atoms with Gasteiger partial charge in [-0.2, -0.15) is 0 Å². The molecule has 1 aliphatic rings. The molecule has 0 radical (unpaired) electrons. The van der Waals surface area contributed by atoms with Crippen LogP contribution in [0.4, 0.5) is 8.78 Å². The molecule has 0 bridgehead atoms. The Labute approximate surface area is 140 Å². The summed E-state index contributed by atoms with van der Waals surface area (Å²) in [6.07, 6.45) is 2.54. The molecule has 0 spiro atoms. The van der Waals surface area contributed by atoms with E-state index >= 15 is 0 Å². The average Bonchev–Trinajstić information content (AvgIpc) is 3.03. The van der Waals surface area contributed by atoms with Crippen molar-refractivity contribution in [1.82, 2.24) is 4.90 Å². The minimum absolute atomic E-state index is 0.209. The fourth-order valence-corrected chi connectivity index (χ4v) is 2.59. The summed E-state index contributed by atoms with van der Waals surface area (Å²) in [5, 5.41) is 0. The molecule has 3 nitrogen and oxygen atoms in total. The Morgan fingerprint density at radius 1 is 1.21 bits per heavy atom. The van der Waals surface area contributed by atoms with Crippen LogP contribution >= 0.6 is 0 Å². The summed E-state index contributed by atoms with van der Waals surface area (Å²) in [4.78, 5) is 12.8. The van der Waals surface area contributed by atoms with Gasteiger partial charge in [-0.15, -0.1) is 0 Å². The largest absolute Gasteiger partial charge is 0.331 e. The lowest BCUT2D eigenvalue weighted by molar-refractivity contribution is -0.118. The Hall–Kier alpha value is -2.53. The molecule has 2 aromatic rings. The zero-order chi connectivity index (χ0) is 17.5. The SMILES string of the molecule is CCN.O=CN1CC(c2cc(F)ccc2F)=CC1c1ccccc1. The molecule has 126 valence electrons. The second-order valence-corrected chi connectivity index (χ2v) is 5.36. The van der Waals surface area contributed by atoms with Crippen LogP contribution in [0.25, 0.3) is 5.57 Å². The molecular weight excluding hydrogens is 310 g/mol. The maximum absolute atomic E-state index is 13.9. The number of carbonyl (C=O) groups is 1. The lowest BCUT2D eigenvalue weighted by atomic mass is 10.0. The number of amides is 1. The predicted octanol–water partition coefficient (Wildman–Crippen LogP) is 3.53. The van der Waals surface area contributed by atoms with Gasteiger partial charge in [-0.1, -0.05) is 43.3 Å². The third-order valence-electron chi connectivity index (χ3n) is 3.62. The van der Waals surface area contributed by atoms with E-state index in [9.17, 15) is 13.6 Å². The molecule has 2 aromatic carbocycles. The Morgan fingerprint density at radius 2 is 1.88 bits per heavy atom. The monoisotopic (exact) mass is 330 g/mol. The third-order valence-corrected chi connectivity index (χ3v) is 3.62. The van der Waals surface area contributed by atoms with Gasteiger partial charge in [0.15, 0.2) is 0 Å². The Morgan fingerprint density at radius 3 is 2.50 bits per heavy atom. The molecule has 3 rings (SSSR count). The van der Waals surface area contributed by atoms with Crippen molar-refractivity contribution in [3.8, 4) is 0 Å². The number of rotatable bonds is 3. The molecule has 1 amide bonds. The van der Waals surface area contributed by atoms with Crippen LogP contribution in [0, 0.1) is 11.6 Å². The highest BCUT2D eigenvalue weighted by Crippen LogP contribution is 2.34. The van der Waals surface area contributed by atoms with Crippen molar-refractivity contribution in [1.29, 1.82) is 0 Å². The summed E-state index contributed by atoms with van der Waals surface area (Å²) in [5.41, 5.74) is 6.62. The van der Waals surface area contributed by atoms with Crippen molar-refractivity contribution in [2.75, 3.05) is 13.1 Å². The van der Waals surface area contributed by atoms with Gasteiger partial charge in [-0.3, -0.25) is 4.79 Å². The summed E-state index contributed by atoms with van der Waals surface area (Å²) in [7, 11) is 0. The van der Waals surface area contributed by atoms with Gasteiger partial charge < -0.3 is 10.6 Å². The first kappa shape index (κ1) is 17.8. The van der Waals surface area contributed by atoms with Crippen LogP contribution in [0.1, 0.15) is 24.1 Å². The van der Waals surface area contributed by atoms with Gasteiger partial charge in [0.25, 0.3) is 0 Å². The van der Waals surface area contributed by atoms with Gasteiger partial charge in [-0.05, 0) is 35.9 Å². The molecule has 0 fully saturated rings. The van der Waals surface area contributed by atoms with E-state index in [2.05, 4.69) is 0 Å². The van der Waals surface area contributed by atoms with Crippen LogP contribution in [0.15, 0.2) is 54.6 Å². The van der Waals surface area contributed by atoms with Crippen molar-refractivity contribution >= 4 is 12.0 Å². The summed E-state index contributed by atoms with van der Waals surface area (Å²) in [6.45, 7) is 2.92. The zero-order valence-electron chi connectivity index (χ0n) is 13.5. The van der Waals surface area contributed by atoms with Crippen LogP contribution < -0.4 is 5.73 Å². The number of nitrogens with zero attached hydrogens (tertiary/aromatic N) is 1. The van der Waals surface area contributed by atoms with Gasteiger partial charge in [0.1, 0.15) is 11.6 Å². The van der Waals surface area contributed by atoms with E-state index in [-0.39, 0.29) is 18.2 Å². The molecule has 2 N–H and O–H groups in total. The van der Waals surface area contributed by atoms with Gasteiger partial charge in [0.05, 0.1) is 6.04 Å². The van der Waals surface area contributed by atoms with E-state index in [1.807, 2.05) is 43.3 Å². The molecule has 0 saturated heterocycles. The van der Waals surface area contributed by atoms with Gasteiger partial charge in [-0.25, -0.2) is 8.78 Å². The van der Waals surface area contributed by atoms with E-state index in [1.54, 1.807) is 4.90 Å². The van der Waals surface area contributed by atoms with Crippen LogP contribution in [-0.2, 0) is 4.79 Å². The van der Waals surface area contributed by atoms with Crippen LogP contribution in [0.2, 0.25) is 0 Å². The second-order valence-electron chi connectivity index (χ2n) is 5.36. The first-order valence-corrected chi connectivity index (χ1v) is 7.72. The topological polar surface area (TPSA) is 46.3 Å². The quantitative estimate of drug-likeness (QED) is 0.875. The molecule has 0 aromatic heterocycles. The highest BCUT2D eigenvalue weighted by molar-refractivity contribution is 5.74. The lowest BCUT2D eigenvalue weighted by Crippen LogP contribution is -2.22. The number of halogens is 2. The summed E-state index contributed by atoms with van der Waals surface area (Å²) in [5.74, 6) is -0.977. The van der Waals surface area contributed by atoms with Crippen molar-refractivity contribution in [3.05, 3.63) is 77.4 Å². The number of nitrogens with two attached hydrogens (primary N) is 1. The molecule has 5 heteroatoms. The molecule has 1 atom stereocenters. The molecule has 1 unspecified atom stereocenters. The Balaban J connectivity index is 0.000000647. The minimum atomic E-state index is -0.492. The minimum Gasteiger partial charge on any atom is -0.331 e. The van der Waals surface area contributed by atoms with E-state index in [4.69, 9.17) is 5.73 Å². The van der Waals surface area contributed by atoms with Crippen molar-refractivity contribution in [2.24, 2.45) is 5.73 Å². The van der Waals surface area contributed by atoms with Gasteiger partial charge >= 0.3 is 0 Å². The van der Waals surface area contributed by atoms with Gasteiger partial charge in [0.2, 0.25) is 6.41 Å². The lowest BCUT2D eigenvalue weighted by Gasteiger charge is -2.19. The summed E-state index contributed by atoms with van der Waals surface area (Å²) < 4.78 is 27.2. The number of hydrogen-bond donors (Lipinski definition) is 1. The van der Waals surface area contributed by atoms with Gasteiger partial charge in [0, 0.05) is 12.1 Å². The van der Waals surface area contributed by atoms with Crippen molar-refractivity contribution in [3.63, 3.8) is 0 Å². The Kier molecular flexibility index (Phi) is 6.21. The number of carbonyl (C=O) groups excluding carboxylic acids is 1. The van der Waals surface area contributed by atoms with Crippen LogP contribution in [-0.4, -0.2) is 24.4 Å². The van der Waals surface area contributed by atoms with E-state index in [1.165, 1.54) is 0 Å². The smallest absolute Gasteiger partial charge is 0.210 e. The summed E-state index contributed by atoms with van der Waals surface area (Å²) >= 11 is 0. The van der Waals surface area contributed by atoms with Crippen molar-refractivity contribution < 1.29 is 13.6 Å². The number of hydrogen-bond acceptors (Lipinski definition) is 2. The third kappa shape index (κ3) is 4.06. The molecule has 0 aliphatic carbocycles. The predicted molar refractivity (Wildman–Crippen MR) is 91.0 cm³/mol. The molecule has 0 saturated carbocycles.